The molecule has 0 saturated carbocycles. The lowest BCUT2D eigenvalue weighted by Crippen LogP contribution is -2.35. The van der Waals surface area contributed by atoms with Gasteiger partial charge in [-0.3, -0.25) is 15.0 Å². The fraction of sp³-hybridized carbons (Fsp3) is 0.111. The summed E-state index contributed by atoms with van der Waals surface area (Å²) in [5, 5.41) is 10.2. The van der Waals surface area contributed by atoms with Gasteiger partial charge in [0.2, 0.25) is 5.91 Å². The number of nitrogens with zero attached hydrogens (tertiary/aromatic N) is 1. The van der Waals surface area contributed by atoms with Crippen LogP contribution in [-0.4, -0.2) is 16.9 Å². The molecular formula is C9H8N2O3. The van der Waals surface area contributed by atoms with Gasteiger partial charge in [0, 0.05) is 0 Å². The summed E-state index contributed by atoms with van der Waals surface area (Å²) in [5.41, 5.74) is 2.94. The highest BCUT2D eigenvalue weighted by Gasteiger charge is 2.27. The molecule has 5 nitrogen and oxygen atoms in total. The Bertz CT molecular complexity index is 386. The zero-order valence-corrected chi connectivity index (χ0v) is 7.23. The molecule has 1 saturated heterocycles. The summed E-state index contributed by atoms with van der Waals surface area (Å²) in [7, 11) is 0. The third kappa shape index (κ3) is 1.39. The van der Waals surface area contributed by atoms with Crippen LogP contribution in [0.4, 0.5) is 5.69 Å². The van der Waals surface area contributed by atoms with E-state index < -0.39 is 0 Å². The molecule has 1 aromatic carbocycles. The quantitative estimate of drug-likeness (QED) is 0.623. The Kier molecular flexibility index (Phi) is 1.85. The minimum Gasteiger partial charge on any atom is -0.508 e. The fourth-order valence-electron chi connectivity index (χ4n) is 1.25. The molecule has 1 fully saturated rings. The van der Waals surface area contributed by atoms with Crippen molar-refractivity contribution >= 4 is 17.5 Å². The van der Waals surface area contributed by atoms with E-state index in [1.54, 1.807) is 12.1 Å². The smallest absolute Gasteiger partial charge is 0.255 e. The SMILES string of the molecule is O=C1CC(=O)N(c2ccc(O)cc2)N1. The molecule has 2 rings (SSSR count). The standard InChI is InChI=1S/C9H8N2O3/c12-7-3-1-6(2-4-7)11-9(14)5-8(13)10-11/h1-4,12H,5H2,(H,10,13). The van der Waals surface area contributed by atoms with Crippen molar-refractivity contribution in [2.45, 2.75) is 6.42 Å². The summed E-state index contributed by atoms with van der Waals surface area (Å²) >= 11 is 0. The van der Waals surface area contributed by atoms with Crippen LogP contribution in [0.15, 0.2) is 24.3 Å². The molecule has 1 heterocycles. The number of carbonyl (C=O) groups is 2. The van der Waals surface area contributed by atoms with Gasteiger partial charge in [-0.25, -0.2) is 5.01 Å². The molecule has 0 radical (unpaired) electrons. The van der Waals surface area contributed by atoms with Crippen LogP contribution in [0, 0.1) is 0 Å². The number of carbonyl (C=O) groups excluding carboxylic acids is 2. The molecular weight excluding hydrogens is 184 g/mol. The number of hydrogen-bond donors (Lipinski definition) is 2. The maximum Gasteiger partial charge on any atom is 0.255 e. The predicted octanol–water partition coefficient (Wildman–Crippen LogP) is 0.160. The molecule has 14 heavy (non-hydrogen) atoms. The topological polar surface area (TPSA) is 69.6 Å². The second kappa shape index (κ2) is 3.02. The molecule has 72 valence electrons. The van der Waals surface area contributed by atoms with E-state index in [1.165, 1.54) is 17.1 Å². The highest BCUT2D eigenvalue weighted by atomic mass is 16.3. The van der Waals surface area contributed by atoms with Crippen molar-refractivity contribution in [2.24, 2.45) is 0 Å². The van der Waals surface area contributed by atoms with Crippen LogP contribution in [0.1, 0.15) is 6.42 Å². The maximum atomic E-state index is 11.3. The van der Waals surface area contributed by atoms with E-state index in [9.17, 15) is 9.59 Å². The van der Waals surface area contributed by atoms with Crippen LogP contribution in [-0.2, 0) is 9.59 Å². The number of amides is 2. The molecule has 2 N–H and O–H groups in total. The fourth-order valence-corrected chi connectivity index (χ4v) is 1.25. The lowest BCUT2D eigenvalue weighted by atomic mass is 10.3. The zero-order valence-electron chi connectivity index (χ0n) is 7.23. The van der Waals surface area contributed by atoms with Crippen molar-refractivity contribution < 1.29 is 14.7 Å². The van der Waals surface area contributed by atoms with E-state index >= 15 is 0 Å². The van der Waals surface area contributed by atoms with Gasteiger partial charge in [-0.1, -0.05) is 0 Å². The molecule has 1 aromatic rings. The first kappa shape index (κ1) is 8.55. The predicted molar refractivity (Wildman–Crippen MR) is 48.4 cm³/mol. The molecule has 0 spiro atoms. The third-order valence-electron chi connectivity index (χ3n) is 1.91. The number of phenols is 1. The average Bonchev–Trinajstić information content (AvgIpc) is 2.47. The lowest BCUT2D eigenvalue weighted by Gasteiger charge is -2.14. The number of phenolic OH excluding ortho intramolecular Hbond substituents is 1. The Morgan fingerprint density at radius 3 is 2.36 bits per heavy atom. The first-order valence-corrected chi connectivity index (χ1v) is 4.08. The Balaban J connectivity index is 2.27. The molecule has 1 aliphatic rings. The van der Waals surface area contributed by atoms with Crippen LogP contribution < -0.4 is 10.4 Å². The van der Waals surface area contributed by atoms with Crippen molar-refractivity contribution in [1.82, 2.24) is 5.43 Å². The molecule has 1 aliphatic heterocycles. The van der Waals surface area contributed by atoms with E-state index in [0.717, 1.165) is 0 Å². The minimum absolute atomic E-state index is 0.117. The second-order valence-electron chi connectivity index (χ2n) is 2.96. The van der Waals surface area contributed by atoms with Gasteiger partial charge in [0.1, 0.15) is 12.2 Å². The normalized spacial score (nSPS) is 15.9. The number of benzene rings is 1. The Morgan fingerprint density at radius 1 is 1.21 bits per heavy atom. The van der Waals surface area contributed by atoms with Crippen molar-refractivity contribution in [3.8, 4) is 5.75 Å². The Morgan fingerprint density at radius 2 is 1.86 bits per heavy atom. The minimum atomic E-state index is -0.317. The van der Waals surface area contributed by atoms with E-state index in [0.29, 0.717) is 5.69 Å². The second-order valence-corrected chi connectivity index (χ2v) is 2.96. The first-order valence-electron chi connectivity index (χ1n) is 4.08. The van der Waals surface area contributed by atoms with Gasteiger partial charge in [-0.2, -0.15) is 0 Å². The summed E-state index contributed by atoms with van der Waals surface area (Å²) in [5.74, 6) is -0.490. The molecule has 0 unspecified atom stereocenters. The molecule has 0 bridgehead atoms. The van der Waals surface area contributed by atoms with Gasteiger partial charge < -0.3 is 5.11 Å². The highest BCUT2D eigenvalue weighted by Crippen LogP contribution is 2.19. The monoisotopic (exact) mass is 192 g/mol. The number of rotatable bonds is 1. The molecule has 5 heteroatoms. The van der Waals surface area contributed by atoms with Crippen LogP contribution in [0.5, 0.6) is 5.75 Å². The average molecular weight is 192 g/mol. The van der Waals surface area contributed by atoms with Gasteiger partial charge in [0.15, 0.2) is 0 Å². The molecule has 2 amide bonds. The third-order valence-corrected chi connectivity index (χ3v) is 1.91. The number of hydrogen-bond acceptors (Lipinski definition) is 3. The number of aromatic hydroxyl groups is 1. The summed E-state index contributed by atoms with van der Waals surface area (Å²) in [6.07, 6.45) is -0.124. The van der Waals surface area contributed by atoms with E-state index in [2.05, 4.69) is 5.43 Å². The van der Waals surface area contributed by atoms with Crippen molar-refractivity contribution in [3.63, 3.8) is 0 Å². The van der Waals surface area contributed by atoms with Gasteiger partial charge in [-0.15, -0.1) is 0 Å². The van der Waals surface area contributed by atoms with Gasteiger partial charge >= 0.3 is 0 Å². The van der Waals surface area contributed by atoms with Gasteiger partial charge in [0.05, 0.1) is 5.69 Å². The summed E-state index contributed by atoms with van der Waals surface area (Å²) < 4.78 is 0. The summed E-state index contributed by atoms with van der Waals surface area (Å²) in [6.45, 7) is 0. The summed E-state index contributed by atoms with van der Waals surface area (Å²) in [4.78, 5) is 22.1. The lowest BCUT2D eigenvalue weighted by molar-refractivity contribution is -0.122. The first-order chi connectivity index (χ1) is 6.66. The Labute approximate surface area is 79.9 Å². The highest BCUT2D eigenvalue weighted by molar-refractivity contribution is 6.11. The summed E-state index contributed by atoms with van der Waals surface area (Å²) in [6, 6.07) is 6.01. The van der Waals surface area contributed by atoms with Crippen molar-refractivity contribution in [3.05, 3.63) is 24.3 Å². The van der Waals surface area contributed by atoms with Crippen LogP contribution in [0.25, 0.3) is 0 Å². The van der Waals surface area contributed by atoms with E-state index in [-0.39, 0.29) is 24.0 Å². The molecule has 0 aromatic heterocycles. The molecule has 0 atom stereocenters. The van der Waals surface area contributed by atoms with Crippen LogP contribution in [0.3, 0.4) is 0 Å². The maximum absolute atomic E-state index is 11.3. The van der Waals surface area contributed by atoms with E-state index in [4.69, 9.17) is 5.11 Å². The Hall–Kier alpha value is -2.04. The number of nitrogens with one attached hydrogen (secondary N) is 1. The largest absolute Gasteiger partial charge is 0.508 e. The van der Waals surface area contributed by atoms with Crippen molar-refractivity contribution in [1.29, 1.82) is 0 Å². The van der Waals surface area contributed by atoms with Crippen LogP contribution in [0.2, 0.25) is 0 Å². The zero-order chi connectivity index (χ0) is 10.1. The van der Waals surface area contributed by atoms with Crippen LogP contribution >= 0.6 is 0 Å². The van der Waals surface area contributed by atoms with Gasteiger partial charge in [0.25, 0.3) is 5.91 Å². The number of hydrazine groups is 1. The van der Waals surface area contributed by atoms with Crippen molar-refractivity contribution in [2.75, 3.05) is 5.01 Å². The number of anilines is 1. The molecule has 0 aliphatic carbocycles. The van der Waals surface area contributed by atoms with Gasteiger partial charge in [-0.05, 0) is 24.3 Å². The van der Waals surface area contributed by atoms with E-state index in [1.807, 2.05) is 0 Å².